The Morgan fingerprint density at radius 1 is 1.20 bits per heavy atom. The second kappa shape index (κ2) is 6.07. The summed E-state index contributed by atoms with van der Waals surface area (Å²) in [6, 6.07) is 7.44. The molecule has 0 bridgehead atoms. The van der Waals surface area contributed by atoms with Crippen LogP contribution in [0.2, 0.25) is 0 Å². The van der Waals surface area contributed by atoms with Crippen molar-refractivity contribution in [2.24, 2.45) is 0 Å². The first-order valence-electron chi connectivity index (χ1n) is 8.64. The number of fused-ring (bicyclic) bond motifs is 1. The summed E-state index contributed by atoms with van der Waals surface area (Å²) in [5, 5.41) is 9.64. The monoisotopic (exact) mass is 341 g/mol. The Bertz CT molecular complexity index is 797. The molecule has 3 heterocycles. The number of anilines is 2. The molecule has 1 aromatic heterocycles. The maximum absolute atomic E-state index is 9.64. The van der Waals surface area contributed by atoms with Gasteiger partial charge in [0.25, 0.3) is 0 Å². The molecular weight excluding hydrogens is 318 g/mol. The minimum atomic E-state index is -0.257. The number of nitrogens with zero attached hydrogens (tertiary/aromatic N) is 3. The minimum absolute atomic E-state index is 0.160. The molecule has 2 aromatic rings. The van der Waals surface area contributed by atoms with E-state index in [9.17, 15) is 5.11 Å². The number of aromatic hydroxyl groups is 1. The third kappa shape index (κ3) is 3.19. The van der Waals surface area contributed by atoms with Crippen molar-refractivity contribution in [1.82, 2.24) is 14.9 Å². The zero-order valence-corrected chi connectivity index (χ0v) is 14.1. The zero-order chi connectivity index (χ0) is 17.4. The first-order chi connectivity index (χ1) is 12.0. The predicted molar refractivity (Wildman–Crippen MR) is 95.2 cm³/mol. The molecule has 25 heavy (non-hydrogen) atoms. The van der Waals surface area contributed by atoms with Crippen molar-refractivity contribution in [3.8, 4) is 11.6 Å². The Morgan fingerprint density at radius 3 is 2.92 bits per heavy atom. The summed E-state index contributed by atoms with van der Waals surface area (Å²) in [6.45, 7) is 2.75. The van der Waals surface area contributed by atoms with Gasteiger partial charge in [-0.3, -0.25) is 4.90 Å². The van der Waals surface area contributed by atoms with Gasteiger partial charge in [-0.25, -0.2) is 0 Å². The molecule has 1 fully saturated rings. The molecule has 5 N–H and O–H groups in total. The summed E-state index contributed by atoms with van der Waals surface area (Å²) in [6.07, 6.45) is 3.64. The van der Waals surface area contributed by atoms with Crippen LogP contribution in [0, 0.1) is 0 Å². The summed E-state index contributed by atoms with van der Waals surface area (Å²) in [7, 11) is 0. The topological polar surface area (TPSA) is 111 Å². The number of aromatic nitrogens is 2. The maximum Gasteiger partial charge on any atom is 0.225 e. The highest BCUT2D eigenvalue weighted by molar-refractivity contribution is 5.52. The van der Waals surface area contributed by atoms with Crippen molar-refractivity contribution in [1.29, 1.82) is 0 Å². The number of phenolic OH excluding ortho intramolecular Hbond substituents is 1. The van der Waals surface area contributed by atoms with Crippen molar-refractivity contribution in [3.05, 3.63) is 35.4 Å². The molecule has 1 aromatic carbocycles. The van der Waals surface area contributed by atoms with Gasteiger partial charge in [-0.15, -0.1) is 0 Å². The number of ether oxygens (including phenoxy) is 1. The highest BCUT2D eigenvalue weighted by Crippen LogP contribution is 2.42. The molecule has 2 aliphatic heterocycles. The van der Waals surface area contributed by atoms with E-state index in [4.69, 9.17) is 16.2 Å². The Morgan fingerprint density at radius 2 is 2.08 bits per heavy atom. The van der Waals surface area contributed by atoms with Gasteiger partial charge in [0, 0.05) is 25.9 Å². The van der Waals surface area contributed by atoms with E-state index in [0.29, 0.717) is 17.4 Å². The van der Waals surface area contributed by atoms with Crippen LogP contribution in [0.3, 0.4) is 0 Å². The van der Waals surface area contributed by atoms with Crippen molar-refractivity contribution >= 4 is 11.8 Å². The summed E-state index contributed by atoms with van der Waals surface area (Å²) >= 11 is 0. The third-order valence-electron chi connectivity index (χ3n) is 5.14. The van der Waals surface area contributed by atoms with Gasteiger partial charge >= 0.3 is 0 Å². The first-order valence-corrected chi connectivity index (χ1v) is 8.64. The fourth-order valence-corrected chi connectivity index (χ4v) is 3.88. The van der Waals surface area contributed by atoms with Crippen LogP contribution < -0.4 is 16.2 Å². The highest BCUT2D eigenvalue weighted by atomic mass is 16.5. The van der Waals surface area contributed by atoms with Crippen LogP contribution in [0.25, 0.3) is 0 Å². The summed E-state index contributed by atoms with van der Waals surface area (Å²) in [4.78, 5) is 10.7. The molecule has 1 spiro atoms. The predicted octanol–water partition coefficient (Wildman–Crippen LogP) is 1.71. The van der Waals surface area contributed by atoms with Gasteiger partial charge in [-0.1, -0.05) is 12.1 Å². The van der Waals surface area contributed by atoms with E-state index in [0.717, 1.165) is 56.4 Å². The van der Waals surface area contributed by atoms with Gasteiger partial charge in [0.15, 0.2) is 0 Å². The Kier molecular flexibility index (Phi) is 3.88. The lowest BCUT2D eigenvalue weighted by atomic mass is 9.90. The van der Waals surface area contributed by atoms with Crippen LogP contribution in [0.4, 0.5) is 11.8 Å². The van der Waals surface area contributed by atoms with Gasteiger partial charge in [0.05, 0.1) is 5.56 Å². The van der Waals surface area contributed by atoms with Crippen LogP contribution >= 0.6 is 0 Å². The molecule has 0 amide bonds. The number of phenols is 1. The molecule has 1 atom stereocenters. The standard InChI is InChI=1S/C18H23N5O2/c19-15-14-10-18(25-16(14)22-17(20)21-15)5-2-7-23(8-6-18)11-12-3-1-4-13(24)9-12/h1,3-4,9,24H,2,5-8,10-11H2,(H4,19,20,21,22)/t18-/m0/s1. The fourth-order valence-electron chi connectivity index (χ4n) is 3.88. The second-order valence-corrected chi connectivity index (χ2v) is 7.01. The van der Waals surface area contributed by atoms with E-state index in [1.54, 1.807) is 6.07 Å². The van der Waals surface area contributed by atoms with Crippen molar-refractivity contribution in [3.63, 3.8) is 0 Å². The van der Waals surface area contributed by atoms with E-state index in [1.807, 2.05) is 18.2 Å². The van der Waals surface area contributed by atoms with E-state index < -0.39 is 0 Å². The van der Waals surface area contributed by atoms with Crippen LogP contribution in [-0.2, 0) is 13.0 Å². The van der Waals surface area contributed by atoms with E-state index in [1.165, 1.54) is 0 Å². The van der Waals surface area contributed by atoms with Gasteiger partial charge < -0.3 is 21.3 Å². The Labute approximate surface area is 146 Å². The number of nitrogens with two attached hydrogens (primary N) is 2. The Hall–Kier alpha value is -2.54. The fraction of sp³-hybridized carbons (Fsp3) is 0.444. The quantitative estimate of drug-likeness (QED) is 0.762. The average Bonchev–Trinajstić information content (AvgIpc) is 2.80. The molecule has 0 radical (unpaired) electrons. The highest BCUT2D eigenvalue weighted by Gasteiger charge is 2.42. The second-order valence-electron chi connectivity index (χ2n) is 7.01. The zero-order valence-electron chi connectivity index (χ0n) is 14.1. The van der Waals surface area contributed by atoms with Gasteiger partial charge in [0.2, 0.25) is 11.8 Å². The van der Waals surface area contributed by atoms with Crippen LogP contribution in [0.1, 0.15) is 30.4 Å². The van der Waals surface area contributed by atoms with E-state index in [-0.39, 0.29) is 11.5 Å². The number of benzene rings is 1. The number of rotatable bonds is 2. The van der Waals surface area contributed by atoms with Gasteiger partial charge in [-0.05, 0) is 37.1 Å². The summed E-state index contributed by atoms with van der Waals surface area (Å²) < 4.78 is 6.22. The van der Waals surface area contributed by atoms with Crippen molar-refractivity contribution in [2.75, 3.05) is 24.6 Å². The maximum atomic E-state index is 9.64. The molecule has 132 valence electrons. The van der Waals surface area contributed by atoms with Crippen molar-refractivity contribution in [2.45, 2.75) is 37.8 Å². The van der Waals surface area contributed by atoms with Crippen molar-refractivity contribution < 1.29 is 9.84 Å². The van der Waals surface area contributed by atoms with E-state index in [2.05, 4.69) is 14.9 Å². The molecule has 7 heteroatoms. The lowest BCUT2D eigenvalue weighted by Gasteiger charge is -2.27. The van der Waals surface area contributed by atoms with Gasteiger partial charge in [0.1, 0.15) is 17.2 Å². The number of likely N-dealkylation sites (tertiary alicyclic amines) is 1. The largest absolute Gasteiger partial charge is 0.508 e. The Balaban J connectivity index is 1.46. The molecule has 2 aliphatic rings. The summed E-state index contributed by atoms with van der Waals surface area (Å²) in [5.74, 6) is 1.45. The number of hydrogen-bond donors (Lipinski definition) is 3. The SMILES string of the molecule is Nc1nc(N)c2c(n1)O[C@]1(CCCN(Cc3cccc(O)c3)CC1)C2. The smallest absolute Gasteiger partial charge is 0.225 e. The first kappa shape index (κ1) is 16.0. The van der Waals surface area contributed by atoms with Crippen LogP contribution in [-0.4, -0.2) is 38.7 Å². The molecule has 4 rings (SSSR count). The molecular formula is C18H23N5O2. The number of nitrogen functional groups attached to an aromatic ring is 2. The number of hydrogen-bond acceptors (Lipinski definition) is 7. The van der Waals surface area contributed by atoms with Crippen LogP contribution in [0.5, 0.6) is 11.6 Å². The normalized spacial score (nSPS) is 23.2. The lowest BCUT2D eigenvalue weighted by molar-refractivity contribution is 0.0728. The third-order valence-corrected chi connectivity index (χ3v) is 5.14. The summed E-state index contributed by atoms with van der Waals surface area (Å²) in [5.41, 5.74) is 13.4. The molecule has 7 nitrogen and oxygen atoms in total. The van der Waals surface area contributed by atoms with E-state index >= 15 is 0 Å². The van der Waals surface area contributed by atoms with Gasteiger partial charge in [-0.2, -0.15) is 9.97 Å². The van der Waals surface area contributed by atoms with Crippen LogP contribution in [0.15, 0.2) is 24.3 Å². The average molecular weight is 341 g/mol. The molecule has 0 aliphatic carbocycles. The minimum Gasteiger partial charge on any atom is -0.508 e. The molecule has 1 saturated heterocycles. The lowest BCUT2D eigenvalue weighted by Crippen LogP contribution is -2.36. The molecule has 0 saturated carbocycles. The molecule has 0 unspecified atom stereocenters.